The highest BCUT2D eigenvalue weighted by Crippen LogP contribution is 2.37. The zero-order valence-electron chi connectivity index (χ0n) is 7.66. The van der Waals surface area contributed by atoms with Crippen molar-refractivity contribution in [3.05, 3.63) is 29.8 Å². The molecule has 1 rings (SSSR count). The number of benzene rings is 1. The van der Waals surface area contributed by atoms with Gasteiger partial charge in [-0.1, -0.05) is 12.1 Å². The van der Waals surface area contributed by atoms with E-state index in [1.807, 2.05) is 0 Å². The molecular weight excluding hydrogens is 209 g/mol. The van der Waals surface area contributed by atoms with Gasteiger partial charge in [-0.05, 0) is 17.7 Å². The van der Waals surface area contributed by atoms with Crippen LogP contribution in [0.4, 0.5) is 13.2 Å². The zero-order valence-corrected chi connectivity index (χ0v) is 7.66. The van der Waals surface area contributed by atoms with E-state index >= 15 is 0 Å². The summed E-state index contributed by atoms with van der Waals surface area (Å²) in [5.74, 6) is -1.90. The number of aldehydes is 1. The SMILES string of the molecule is O=CCC(c1ccc(O)cc1)C(F)(F)F. The minimum atomic E-state index is -4.45. The fourth-order valence-corrected chi connectivity index (χ4v) is 1.26. The van der Waals surface area contributed by atoms with Crippen molar-refractivity contribution in [1.29, 1.82) is 0 Å². The lowest BCUT2D eigenvalue weighted by molar-refractivity contribution is -0.154. The van der Waals surface area contributed by atoms with Crippen molar-refractivity contribution >= 4 is 6.29 Å². The van der Waals surface area contributed by atoms with E-state index in [1.54, 1.807) is 0 Å². The Kier molecular flexibility index (Phi) is 3.34. The van der Waals surface area contributed by atoms with Gasteiger partial charge in [0.1, 0.15) is 12.0 Å². The van der Waals surface area contributed by atoms with Gasteiger partial charge in [-0.3, -0.25) is 0 Å². The first-order valence-electron chi connectivity index (χ1n) is 4.24. The average Bonchev–Trinajstić information content (AvgIpc) is 2.14. The van der Waals surface area contributed by atoms with Gasteiger partial charge in [0, 0.05) is 6.42 Å². The number of hydrogen-bond acceptors (Lipinski definition) is 2. The summed E-state index contributed by atoms with van der Waals surface area (Å²) in [5, 5.41) is 8.92. The second-order valence-electron chi connectivity index (χ2n) is 3.09. The van der Waals surface area contributed by atoms with Crippen molar-refractivity contribution in [3.8, 4) is 5.75 Å². The van der Waals surface area contributed by atoms with Crippen molar-refractivity contribution in [2.75, 3.05) is 0 Å². The summed E-state index contributed by atoms with van der Waals surface area (Å²) in [6.45, 7) is 0. The van der Waals surface area contributed by atoms with Crippen LogP contribution in [0.15, 0.2) is 24.3 Å². The summed E-state index contributed by atoms with van der Waals surface area (Å²) in [6.07, 6.45) is -4.81. The van der Waals surface area contributed by atoms with Gasteiger partial charge in [0.15, 0.2) is 0 Å². The number of alkyl halides is 3. The molecule has 1 aromatic rings. The van der Waals surface area contributed by atoms with Crippen LogP contribution >= 0.6 is 0 Å². The average molecular weight is 218 g/mol. The number of halogens is 3. The highest BCUT2D eigenvalue weighted by atomic mass is 19.4. The van der Waals surface area contributed by atoms with Crippen LogP contribution in [-0.4, -0.2) is 17.6 Å². The molecule has 82 valence electrons. The van der Waals surface area contributed by atoms with Gasteiger partial charge in [0.25, 0.3) is 0 Å². The highest BCUT2D eigenvalue weighted by molar-refractivity contribution is 5.52. The Morgan fingerprint density at radius 1 is 1.27 bits per heavy atom. The highest BCUT2D eigenvalue weighted by Gasteiger charge is 2.40. The van der Waals surface area contributed by atoms with Crippen LogP contribution in [0.5, 0.6) is 5.75 Å². The molecule has 0 saturated carbocycles. The minimum absolute atomic E-state index is 0.0209. The smallest absolute Gasteiger partial charge is 0.396 e. The monoisotopic (exact) mass is 218 g/mol. The molecule has 0 aliphatic rings. The molecule has 0 aromatic heterocycles. The third kappa shape index (κ3) is 2.97. The third-order valence-electron chi connectivity index (χ3n) is 2.02. The second kappa shape index (κ2) is 4.33. The van der Waals surface area contributed by atoms with Gasteiger partial charge in [0.05, 0.1) is 5.92 Å². The van der Waals surface area contributed by atoms with Gasteiger partial charge in [0.2, 0.25) is 0 Å². The van der Waals surface area contributed by atoms with Crippen LogP contribution in [0, 0.1) is 0 Å². The summed E-state index contributed by atoms with van der Waals surface area (Å²) in [6, 6.07) is 4.66. The van der Waals surface area contributed by atoms with Crippen molar-refractivity contribution in [2.45, 2.75) is 18.5 Å². The van der Waals surface area contributed by atoms with Gasteiger partial charge in [-0.15, -0.1) is 0 Å². The number of carbonyl (C=O) groups excluding carboxylic acids is 1. The molecule has 5 heteroatoms. The normalized spacial score (nSPS) is 13.5. The standard InChI is InChI=1S/C10H9F3O2/c11-10(12,13)9(5-6-14)7-1-3-8(15)4-2-7/h1-4,6,9,15H,5H2. The van der Waals surface area contributed by atoms with Crippen LogP contribution < -0.4 is 0 Å². The summed E-state index contributed by atoms with van der Waals surface area (Å²) < 4.78 is 37.4. The first-order chi connectivity index (χ1) is 6.95. The third-order valence-corrected chi connectivity index (χ3v) is 2.02. The molecule has 2 nitrogen and oxygen atoms in total. The maximum Gasteiger partial charge on any atom is 0.396 e. The van der Waals surface area contributed by atoms with Crippen molar-refractivity contribution in [2.24, 2.45) is 0 Å². The first kappa shape index (κ1) is 11.6. The molecule has 0 fully saturated rings. The Hall–Kier alpha value is -1.52. The van der Waals surface area contributed by atoms with Gasteiger partial charge >= 0.3 is 6.18 Å². The van der Waals surface area contributed by atoms with Crippen LogP contribution in [0.1, 0.15) is 17.9 Å². The Morgan fingerprint density at radius 2 is 1.80 bits per heavy atom. The van der Waals surface area contributed by atoms with E-state index in [0.717, 1.165) is 12.1 Å². The minimum Gasteiger partial charge on any atom is -0.508 e. The summed E-state index contributed by atoms with van der Waals surface area (Å²) >= 11 is 0. The number of phenols is 1. The first-order valence-corrected chi connectivity index (χ1v) is 4.24. The number of rotatable bonds is 3. The summed E-state index contributed by atoms with van der Waals surface area (Å²) in [4.78, 5) is 10.2. The fraction of sp³-hybridized carbons (Fsp3) is 0.300. The van der Waals surface area contributed by atoms with E-state index in [9.17, 15) is 18.0 Å². The molecule has 0 aliphatic carbocycles. The Labute approximate surface area is 84.3 Å². The largest absolute Gasteiger partial charge is 0.508 e. The van der Waals surface area contributed by atoms with Gasteiger partial charge in [-0.25, -0.2) is 0 Å². The molecule has 0 amide bonds. The van der Waals surface area contributed by atoms with E-state index in [4.69, 9.17) is 5.11 Å². The molecular formula is C10H9F3O2. The predicted octanol–water partition coefficient (Wildman–Crippen LogP) is 2.63. The van der Waals surface area contributed by atoms with Crippen molar-refractivity contribution < 1.29 is 23.1 Å². The van der Waals surface area contributed by atoms with Crippen LogP contribution in [-0.2, 0) is 4.79 Å². The van der Waals surface area contributed by atoms with Crippen molar-refractivity contribution in [3.63, 3.8) is 0 Å². The number of carbonyl (C=O) groups is 1. The fourth-order valence-electron chi connectivity index (χ4n) is 1.26. The Morgan fingerprint density at radius 3 is 2.20 bits per heavy atom. The van der Waals surface area contributed by atoms with Crippen LogP contribution in [0.25, 0.3) is 0 Å². The Bertz CT molecular complexity index is 330. The van der Waals surface area contributed by atoms with E-state index in [2.05, 4.69) is 0 Å². The van der Waals surface area contributed by atoms with Gasteiger partial charge in [-0.2, -0.15) is 13.2 Å². The molecule has 1 unspecified atom stereocenters. The molecule has 0 spiro atoms. The van der Waals surface area contributed by atoms with Crippen molar-refractivity contribution in [1.82, 2.24) is 0 Å². The van der Waals surface area contributed by atoms with Crippen LogP contribution in [0.3, 0.4) is 0 Å². The zero-order chi connectivity index (χ0) is 11.5. The molecule has 0 aliphatic heterocycles. The number of phenolic OH excluding ortho intramolecular Hbond substituents is 1. The van der Waals surface area contributed by atoms with Crippen LogP contribution in [0.2, 0.25) is 0 Å². The molecule has 0 radical (unpaired) electrons. The molecule has 1 N–H and O–H groups in total. The summed E-state index contributed by atoms with van der Waals surface area (Å²) in [5.41, 5.74) is -0.0209. The molecule has 0 heterocycles. The Balaban J connectivity index is 2.99. The maximum atomic E-state index is 12.5. The molecule has 1 atom stereocenters. The molecule has 0 saturated heterocycles. The number of aromatic hydroxyl groups is 1. The molecule has 0 bridgehead atoms. The van der Waals surface area contributed by atoms with E-state index in [0.29, 0.717) is 0 Å². The molecule has 1 aromatic carbocycles. The maximum absolute atomic E-state index is 12.5. The van der Waals surface area contributed by atoms with Gasteiger partial charge < -0.3 is 9.90 Å². The quantitative estimate of drug-likeness (QED) is 0.792. The lowest BCUT2D eigenvalue weighted by atomic mass is 9.96. The molecule has 15 heavy (non-hydrogen) atoms. The topological polar surface area (TPSA) is 37.3 Å². The predicted molar refractivity (Wildman–Crippen MR) is 47.6 cm³/mol. The lowest BCUT2D eigenvalue weighted by Gasteiger charge is -2.18. The van der Waals surface area contributed by atoms with E-state index in [-0.39, 0.29) is 17.6 Å². The van der Waals surface area contributed by atoms with E-state index < -0.39 is 18.5 Å². The second-order valence-corrected chi connectivity index (χ2v) is 3.09. The van der Waals surface area contributed by atoms with E-state index in [1.165, 1.54) is 12.1 Å². The lowest BCUT2D eigenvalue weighted by Crippen LogP contribution is -2.21. The number of hydrogen-bond donors (Lipinski definition) is 1. The summed E-state index contributed by atoms with van der Waals surface area (Å²) in [7, 11) is 0.